The van der Waals surface area contributed by atoms with Crippen LogP contribution in [0.15, 0.2) is 60.7 Å². The second kappa shape index (κ2) is 9.63. The monoisotopic (exact) mass is 504 g/mol. The molecule has 0 heterocycles. The van der Waals surface area contributed by atoms with Crippen molar-refractivity contribution >= 4 is 51.3 Å². The van der Waals surface area contributed by atoms with Crippen LogP contribution in [0.1, 0.15) is 19.3 Å². The summed E-state index contributed by atoms with van der Waals surface area (Å²) in [6.07, 6.45) is 12.9. The molecule has 3 heteroatoms. The van der Waals surface area contributed by atoms with Crippen LogP contribution in [-0.2, 0) is 24.2 Å². The van der Waals surface area contributed by atoms with Crippen molar-refractivity contribution in [1.82, 2.24) is 0 Å². The molecule has 2 aliphatic rings. The van der Waals surface area contributed by atoms with Crippen LogP contribution in [-0.4, -0.2) is 19.4 Å². The maximum absolute atomic E-state index is 2.99. The standard InChI is InChI=1S/C19H25Si2.C5H5.C3H4.Zr/c1-20(2,3)16-9-7-14-11-15-8-10-17(21(4,5)6)13-19(15)18(14)12-16;1-2-4-5-3-1;1-2-3-1;/h7-13H,1-6H3;1-3H,4H2;1-2H2;/q2*-1;;+2. The van der Waals surface area contributed by atoms with E-state index in [0.717, 1.165) is 6.42 Å². The van der Waals surface area contributed by atoms with Crippen LogP contribution in [0.25, 0.3) is 21.5 Å². The van der Waals surface area contributed by atoms with Gasteiger partial charge < -0.3 is 0 Å². The molecule has 0 amide bonds. The van der Waals surface area contributed by atoms with E-state index in [1.807, 2.05) is 12.2 Å². The van der Waals surface area contributed by atoms with Crippen molar-refractivity contribution in [3.8, 4) is 0 Å². The van der Waals surface area contributed by atoms with Crippen LogP contribution in [0.4, 0.5) is 0 Å². The normalized spacial score (nSPS) is 15.1. The van der Waals surface area contributed by atoms with E-state index in [4.69, 9.17) is 0 Å². The van der Waals surface area contributed by atoms with E-state index in [2.05, 4.69) is 93.9 Å². The third-order valence-corrected chi connectivity index (χ3v) is 10.8. The van der Waals surface area contributed by atoms with Crippen molar-refractivity contribution in [2.24, 2.45) is 0 Å². The zero-order valence-corrected chi connectivity index (χ0v) is 23.9. The van der Waals surface area contributed by atoms with Crippen LogP contribution < -0.4 is 10.4 Å². The molecule has 0 saturated heterocycles. The van der Waals surface area contributed by atoms with Crippen molar-refractivity contribution in [1.29, 1.82) is 0 Å². The van der Waals surface area contributed by atoms with Gasteiger partial charge in [0, 0.05) is 0 Å². The first kappa shape index (κ1) is 23.6. The van der Waals surface area contributed by atoms with Crippen LogP contribution in [0.5, 0.6) is 0 Å². The van der Waals surface area contributed by atoms with Gasteiger partial charge in [-0.15, -0.1) is 46.2 Å². The number of fused-ring (bicyclic) bond motifs is 3. The van der Waals surface area contributed by atoms with E-state index < -0.39 is 16.1 Å². The van der Waals surface area contributed by atoms with Crippen molar-refractivity contribution in [2.75, 3.05) is 0 Å². The van der Waals surface area contributed by atoms with Gasteiger partial charge in [0.25, 0.3) is 0 Å². The predicted molar refractivity (Wildman–Crippen MR) is 139 cm³/mol. The van der Waals surface area contributed by atoms with E-state index in [0.29, 0.717) is 0 Å². The summed E-state index contributed by atoms with van der Waals surface area (Å²) in [5.74, 6) is 0. The van der Waals surface area contributed by atoms with Crippen LogP contribution in [0.2, 0.25) is 39.3 Å². The molecule has 0 aromatic heterocycles. The number of benzene rings is 2. The molecule has 5 rings (SSSR count). The molecule has 0 radical (unpaired) electrons. The third kappa shape index (κ3) is 6.49. The molecule has 0 atom stereocenters. The maximum atomic E-state index is 2.99. The second-order valence-electron chi connectivity index (χ2n) is 10.4. The molecule has 154 valence electrons. The molecule has 0 N–H and O–H groups in total. The van der Waals surface area contributed by atoms with Crippen LogP contribution in [0.3, 0.4) is 0 Å². The zero-order chi connectivity index (χ0) is 21.9. The fourth-order valence-electron chi connectivity index (χ4n) is 3.33. The van der Waals surface area contributed by atoms with Gasteiger partial charge in [-0.3, -0.25) is 6.08 Å². The molecule has 30 heavy (non-hydrogen) atoms. The molecule has 0 nitrogen and oxygen atoms in total. The van der Waals surface area contributed by atoms with Crippen molar-refractivity contribution in [3.63, 3.8) is 0 Å². The average molecular weight is 506 g/mol. The fraction of sp³-hybridized carbons (Fsp3) is 0.333. The molecule has 1 fully saturated rings. The molecule has 1 saturated carbocycles. The quantitative estimate of drug-likeness (QED) is 0.272. The summed E-state index contributed by atoms with van der Waals surface area (Å²) >= 11 is 1.66. The summed E-state index contributed by atoms with van der Waals surface area (Å²) < 4.78 is 1.76. The zero-order valence-electron chi connectivity index (χ0n) is 19.4. The van der Waals surface area contributed by atoms with Gasteiger partial charge in [0.2, 0.25) is 0 Å². The van der Waals surface area contributed by atoms with Crippen molar-refractivity contribution in [2.45, 2.75) is 58.5 Å². The average Bonchev–Trinajstić information content (AvgIpc) is 3.15. The number of allylic oxidation sites excluding steroid dienone is 4. The minimum absolute atomic E-state index is 1.01. The Morgan fingerprint density at radius 1 is 0.800 bits per heavy atom. The third-order valence-electron chi connectivity index (χ3n) is 5.53. The molecule has 0 spiro atoms. The Kier molecular flexibility index (Phi) is 7.59. The minimum atomic E-state index is -1.25. The van der Waals surface area contributed by atoms with E-state index in [9.17, 15) is 0 Å². The summed E-state index contributed by atoms with van der Waals surface area (Å²) in [4.78, 5) is 0. The SMILES string of the molecule is C[Si](C)(C)c1ccc2[cH-]c3ccc([Si](C)(C)C)cc3c2c1.[C-]1=CC=CC1.[Zr+2]=[C]1CC1. The number of hydrogen-bond acceptors (Lipinski definition) is 0. The second-order valence-corrected chi connectivity index (χ2v) is 22.2. The Morgan fingerprint density at radius 3 is 1.53 bits per heavy atom. The van der Waals surface area contributed by atoms with Gasteiger partial charge in [0.15, 0.2) is 0 Å². The summed E-state index contributed by atoms with van der Waals surface area (Å²) in [5, 5.41) is 8.79. The van der Waals surface area contributed by atoms with Gasteiger partial charge >= 0.3 is 40.3 Å². The molecule has 0 bridgehead atoms. The fourth-order valence-corrected chi connectivity index (χ4v) is 5.96. The molecule has 0 unspecified atom stereocenters. The van der Waals surface area contributed by atoms with Gasteiger partial charge in [-0.1, -0.05) is 73.9 Å². The molecular formula is C27H34Si2Zr. The van der Waals surface area contributed by atoms with E-state index in [1.165, 1.54) is 34.4 Å². The van der Waals surface area contributed by atoms with Crippen LogP contribution >= 0.6 is 0 Å². The summed E-state index contributed by atoms with van der Waals surface area (Å²) in [6, 6.07) is 16.6. The topological polar surface area (TPSA) is 0 Å². The Hall–Kier alpha value is -1.02. The number of hydrogen-bond donors (Lipinski definition) is 0. The Labute approximate surface area is 199 Å². The van der Waals surface area contributed by atoms with E-state index in [-0.39, 0.29) is 0 Å². The first-order chi connectivity index (χ1) is 14.1. The molecule has 3 aromatic rings. The van der Waals surface area contributed by atoms with Gasteiger partial charge in [-0.2, -0.15) is 6.08 Å². The Bertz CT molecular complexity index is 1020. The van der Waals surface area contributed by atoms with Crippen LogP contribution in [0, 0.1) is 6.08 Å². The molecular weight excluding hydrogens is 472 g/mol. The van der Waals surface area contributed by atoms with E-state index >= 15 is 0 Å². The van der Waals surface area contributed by atoms with E-state index in [1.54, 1.807) is 37.8 Å². The first-order valence-corrected chi connectivity index (χ1v) is 19.2. The summed E-state index contributed by atoms with van der Waals surface area (Å²) in [6.45, 7) is 14.5. The molecule has 3 aromatic carbocycles. The summed E-state index contributed by atoms with van der Waals surface area (Å²) in [5.41, 5.74) is 0. The first-order valence-electron chi connectivity index (χ1n) is 11.0. The Morgan fingerprint density at radius 2 is 1.27 bits per heavy atom. The molecule has 2 aliphatic carbocycles. The van der Waals surface area contributed by atoms with Gasteiger partial charge in [0.1, 0.15) is 0 Å². The molecule has 0 aliphatic heterocycles. The number of rotatable bonds is 2. The van der Waals surface area contributed by atoms with Gasteiger partial charge in [-0.25, -0.2) is 12.2 Å². The Balaban J connectivity index is 0.000000233. The van der Waals surface area contributed by atoms with Gasteiger partial charge in [0.05, 0.1) is 16.1 Å². The van der Waals surface area contributed by atoms with Crippen molar-refractivity contribution in [3.05, 3.63) is 66.8 Å². The summed E-state index contributed by atoms with van der Waals surface area (Å²) in [7, 11) is -2.51. The van der Waals surface area contributed by atoms with Gasteiger partial charge in [-0.05, 0) is 0 Å². The predicted octanol–water partition coefficient (Wildman–Crippen LogP) is 6.61. The van der Waals surface area contributed by atoms with Crippen molar-refractivity contribution < 1.29 is 24.2 Å².